The van der Waals surface area contributed by atoms with Gasteiger partial charge in [0.05, 0.1) is 6.54 Å². The van der Waals surface area contributed by atoms with Gasteiger partial charge in [-0.1, -0.05) is 11.6 Å². The predicted molar refractivity (Wildman–Crippen MR) is 55.8 cm³/mol. The van der Waals surface area contributed by atoms with E-state index in [4.69, 9.17) is 11.6 Å². The summed E-state index contributed by atoms with van der Waals surface area (Å²) in [4.78, 5) is 0. The summed E-state index contributed by atoms with van der Waals surface area (Å²) in [5.41, 5.74) is 0.132. The standard InChI is InChI=1S/C10H9ClF5NO/c11-7-1-2-8(18-9(12)13)6(3-7)4-17-5-10(14,15)16/h1-3,9,17H,4-5H2. The molecular formula is C10H9ClF5NO. The summed E-state index contributed by atoms with van der Waals surface area (Å²) >= 11 is 5.63. The van der Waals surface area contributed by atoms with Crippen LogP contribution in [0.15, 0.2) is 18.2 Å². The Labute approximate surface area is 105 Å². The number of alkyl halides is 5. The maximum Gasteiger partial charge on any atom is 0.401 e. The zero-order valence-electron chi connectivity index (χ0n) is 8.90. The van der Waals surface area contributed by atoms with Gasteiger partial charge in [-0.15, -0.1) is 0 Å². The van der Waals surface area contributed by atoms with Crippen LogP contribution >= 0.6 is 11.6 Å². The highest BCUT2D eigenvalue weighted by Crippen LogP contribution is 2.24. The lowest BCUT2D eigenvalue weighted by molar-refractivity contribution is -0.125. The minimum absolute atomic E-state index is 0.132. The molecule has 0 aliphatic rings. The Kier molecular flexibility index (Phi) is 5.15. The van der Waals surface area contributed by atoms with Gasteiger partial charge in [0.2, 0.25) is 0 Å². The summed E-state index contributed by atoms with van der Waals surface area (Å²) < 4.78 is 64.0. The van der Waals surface area contributed by atoms with Crippen molar-refractivity contribution in [2.75, 3.05) is 6.54 Å². The third-order valence-corrected chi connectivity index (χ3v) is 2.11. The zero-order chi connectivity index (χ0) is 13.8. The molecule has 1 rings (SSSR count). The van der Waals surface area contributed by atoms with Gasteiger partial charge in [0.15, 0.2) is 0 Å². The summed E-state index contributed by atoms with van der Waals surface area (Å²) in [6, 6.07) is 3.76. The lowest BCUT2D eigenvalue weighted by atomic mass is 10.2. The van der Waals surface area contributed by atoms with Gasteiger partial charge in [-0.05, 0) is 18.2 Å². The van der Waals surface area contributed by atoms with Gasteiger partial charge in [0.25, 0.3) is 0 Å². The van der Waals surface area contributed by atoms with Crippen molar-refractivity contribution in [3.8, 4) is 5.75 Å². The fourth-order valence-corrected chi connectivity index (χ4v) is 1.43. The first-order valence-electron chi connectivity index (χ1n) is 4.78. The fourth-order valence-electron chi connectivity index (χ4n) is 1.24. The van der Waals surface area contributed by atoms with E-state index in [1.54, 1.807) is 0 Å². The van der Waals surface area contributed by atoms with E-state index in [0.29, 0.717) is 0 Å². The van der Waals surface area contributed by atoms with Crippen molar-refractivity contribution >= 4 is 11.6 Å². The molecule has 2 nitrogen and oxygen atoms in total. The van der Waals surface area contributed by atoms with Crippen LogP contribution < -0.4 is 10.1 Å². The van der Waals surface area contributed by atoms with Crippen molar-refractivity contribution in [3.05, 3.63) is 28.8 Å². The van der Waals surface area contributed by atoms with E-state index in [9.17, 15) is 22.0 Å². The highest BCUT2D eigenvalue weighted by atomic mass is 35.5. The Morgan fingerprint density at radius 1 is 1.28 bits per heavy atom. The van der Waals surface area contributed by atoms with Crippen LogP contribution in [0.25, 0.3) is 0 Å². The van der Waals surface area contributed by atoms with Crippen molar-refractivity contribution in [1.82, 2.24) is 5.32 Å². The van der Waals surface area contributed by atoms with Crippen LogP contribution in [-0.2, 0) is 6.54 Å². The predicted octanol–water partition coefficient (Wildman–Crippen LogP) is 3.59. The molecule has 0 heterocycles. The second-order valence-corrected chi connectivity index (χ2v) is 3.79. The summed E-state index contributed by atoms with van der Waals surface area (Å²) in [5, 5.41) is 2.30. The van der Waals surface area contributed by atoms with E-state index in [0.717, 1.165) is 0 Å². The molecule has 8 heteroatoms. The largest absolute Gasteiger partial charge is 0.434 e. The topological polar surface area (TPSA) is 21.3 Å². The van der Waals surface area contributed by atoms with Gasteiger partial charge < -0.3 is 10.1 Å². The number of hydrogen-bond donors (Lipinski definition) is 1. The highest BCUT2D eigenvalue weighted by Gasteiger charge is 2.26. The smallest absolute Gasteiger partial charge is 0.401 e. The van der Waals surface area contributed by atoms with Crippen molar-refractivity contribution in [1.29, 1.82) is 0 Å². The van der Waals surface area contributed by atoms with Crippen molar-refractivity contribution < 1.29 is 26.7 Å². The quantitative estimate of drug-likeness (QED) is 0.836. The Morgan fingerprint density at radius 3 is 2.50 bits per heavy atom. The third-order valence-electron chi connectivity index (χ3n) is 1.88. The van der Waals surface area contributed by atoms with Crippen LogP contribution in [0.5, 0.6) is 5.75 Å². The molecule has 0 saturated heterocycles. The molecule has 0 amide bonds. The van der Waals surface area contributed by atoms with Crippen molar-refractivity contribution in [3.63, 3.8) is 0 Å². The number of ether oxygens (including phenoxy) is 1. The average Bonchev–Trinajstić information content (AvgIpc) is 2.19. The second-order valence-electron chi connectivity index (χ2n) is 3.35. The van der Waals surface area contributed by atoms with E-state index < -0.39 is 19.3 Å². The first kappa shape index (κ1) is 15.0. The number of rotatable bonds is 5. The van der Waals surface area contributed by atoms with Crippen LogP contribution in [0.1, 0.15) is 5.56 Å². The summed E-state index contributed by atoms with van der Waals surface area (Å²) in [7, 11) is 0. The van der Waals surface area contributed by atoms with Gasteiger partial charge in [-0.3, -0.25) is 0 Å². The molecule has 0 unspecified atom stereocenters. The normalized spacial score (nSPS) is 11.9. The van der Waals surface area contributed by atoms with Gasteiger partial charge in [0, 0.05) is 17.1 Å². The van der Waals surface area contributed by atoms with Crippen LogP contribution in [0, 0.1) is 0 Å². The Hall–Kier alpha value is -1.08. The minimum Gasteiger partial charge on any atom is -0.434 e. The molecular weight excluding hydrogens is 281 g/mol. The van der Waals surface area contributed by atoms with Crippen molar-refractivity contribution in [2.45, 2.75) is 19.3 Å². The van der Waals surface area contributed by atoms with Gasteiger partial charge in [-0.25, -0.2) is 0 Å². The van der Waals surface area contributed by atoms with Crippen LogP contribution in [-0.4, -0.2) is 19.3 Å². The summed E-state index contributed by atoms with van der Waals surface area (Å²) in [5.74, 6) is -0.205. The monoisotopic (exact) mass is 289 g/mol. The molecule has 0 saturated carbocycles. The molecule has 0 spiro atoms. The van der Waals surface area contributed by atoms with E-state index in [2.05, 4.69) is 10.1 Å². The van der Waals surface area contributed by atoms with Crippen molar-refractivity contribution in [2.24, 2.45) is 0 Å². The van der Waals surface area contributed by atoms with Gasteiger partial charge in [-0.2, -0.15) is 22.0 Å². The summed E-state index contributed by atoms with van der Waals surface area (Å²) in [6.45, 7) is -4.55. The summed E-state index contributed by atoms with van der Waals surface area (Å²) in [6.07, 6.45) is -4.37. The van der Waals surface area contributed by atoms with Crippen LogP contribution in [0.2, 0.25) is 5.02 Å². The molecule has 1 aromatic rings. The maximum absolute atomic E-state index is 12.1. The number of hydrogen-bond acceptors (Lipinski definition) is 2. The van der Waals surface area contributed by atoms with E-state index in [1.807, 2.05) is 0 Å². The maximum atomic E-state index is 12.1. The lowest BCUT2D eigenvalue weighted by Crippen LogP contribution is -2.28. The third kappa shape index (κ3) is 5.50. The Morgan fingerprint density at radius 2 is 1.94 bits per heavy atom. The molecule has 18 heavy (non-hydrogen) atoms. The fraction of sp³-hybridized carbons (Fsp3) is 0.400. The van der Waals surface area contributed by atoms with Gasteiger partial charge in [0.1, 0.15) is 5.75 Å². The number of benzene rings is 1. The van der Waals surface area contributed by atoms with Gasteiger partial charge >= 0.3 is 12.8 Å². The Balaban J connectivity index is 2.70. The molecule has 0 bridgehead atoms. The van der Waals surface area contributed by atoms with E-state index in [-0.39, 0.29) is 22.9 Å². The number of nitrogens with one attached hydrogen (secondary N) is 1. The first-order valence-corrected chi connectivity index (χ1v) is 5.16. The van der Waals surface area contributed by atoms with Crippen LogP contribution in [0.3, 0.4) is 0 Å². The number of halogens is 6. The van der Waals surface area contributed by atoms with Crippen LogP contribution in [0.4, 0.5) is 22.0 Å². The Bertz CT molecular complexity index is 396. The molecule has 1 aromatic carbocycles. The van der Waals surface area contributed by atoms with E-state index >= 15 is 0 Å². The first-order chi connectivity index (χ1) is 8.28. The SMILES string of the molecule is FC(F)Oc1ccc(Cl)cc1CNCC(F)(F)F. The molecule has 0 aromatic heterocycles. The zero-order valence-corrected chi connectivity index (χ0v) is 9.66. The minimum atomic E-state index is -4.37. The second kappa shape index (κ2) is 6.19. The molecule has 0 radical (unpaired) electrons. The molecule has 1 N–H and O–H groups in total. The molecule has 0 aliphatic carbocycles. The average molecular weight is 290 g/mol. The molecule has 0 fully saturated rings. The van der Waals surface area contributed by atoms with E-state index in [1.165, 1.54) is 18.2 Å². The molecule has 102 valence electrons. The lowest BCUT2D eigenvalue weighted by Gasteiger charge is -2.13. The highest BCUT2D eigenvalue weighted by molar-refractivity contribution is 6.30. The molecule has 0 aliphatic heterocycles. The molecule has 0 atom stereocenters.